The second-order valence-corrected chi connectivity index (χ2v) is 10.7. The first-order chi connectivity index (χ1) is 17.1. The Hall–Kier alpha value is -2.91. The van der Waals surface area contributed by atoms with Crippen LogP contribution in [0.4, 0.5) is 5.69 Å². The van der Waals surface area contributed by atoms with Crippen LogP contribution < -0.4 is 5.01 Å². The molecule has 2 fully saturated rings. The number of rotatable bonds is 3. The van der Waals surface area contributed by atoms with Gasteiger partial charge in [-0.2, -0.15) is 10.4 Å². The van der Waals surface area contributed by atoms with Crippen molar-refractivity contribution in [1.29, 1.82) is 5.26 Å². The fourth-order valence-electron chi connectivity index (χ4n) is 6.54. The predicted octanol–water partition coefficient (Wildman–Crippen LogP) is 5.58. The molecular formula is C28H30ClN5O. The number of aromatic nitrogens is 1. The third kappa shape index (κ3) is 4.00. The Bertz CT molecular complexity index is 1220. The summed E-state index contributed by atoms with van der Waals surface area (Å²) in [5.41, 5.74) is 5.16. The standard InChI is InChI=1S/C28H30ClN5O/c29-23-16-20(9-8-19(23)17-30)34-27(18-6-2-3-7-18)22-11-12-24-21(26(22)32-34)10-13-25(31-24)28(35)33-14-4-1-5-15-33/h8-10,13,16,18,22,27H,1-7,11-12,14-15H2. The van der Waals surface area contributed by atoms with Crippen LogP contribution in [-0.2, 0) is 6.42 Å². The van der Waals surface area contributed by atoms with Crippen LogP contribution in [0.3, 0.4) is 0 Å². The maximum Gasteiger partial charge on any atom is 0.272 e. The number of hydrogen-bond acceptors (Lipinski definition) is 5. The number of carbonyl (C=O) groups is 1. The zero-order valence-electron chi connectivity index (χ0n) is 19.9. The maximum atomic E-state index is 13.1. The number of halogens is 1. The summed E-state index contributed by atoms with van der Waals surface area (Å²) in [5.74, 6) is 0.983. The highest BCUT2D eigenvalue weighted by atomic mass is 35.5. The quantitative estimate of drug-likeness (QED) is 0.566. The van der Waals surface area contributed by atoms with Crippen molar-refractivity contribution in [3.05, 3.63) is 57.9 Å². The normalized spacial score (nSPS) is 24.1. The summed E-state index contributed by atoms with van der Waals surface area (Å²) in [6.07, 6.45) is 10.2. The number of benzene rings is 1. The van der Waals surface area contributed by atoms with Crippen LogP contribution in [0.1, 0.15) is 78.7 Å². The number of nitrogens with zero attached hydrogens (tertiary/aromatic N) is 5. The van der Waals surface area contributed by atoms with Gasteiger partial charge in [0.1, 0.15) is 11.8 Å². The summed E-state index contributed by atoms with van der Waals surface area (Å²) in [4.78, 5) is 19.9. The van der Waals surface area contributed by atoms with E-state index in [1.54, 1.807) is 6.07 Å². The second-order valence-electron chi connectivity index (χ2n) is 10.3. The van der Waals surface area contributed by atoms with Crippen molar-refractivity contribution in [3.63, 3.8) is 0 Å². The molecule has 3 heterocycles. The van der Waals surface area contributed by atoms with Crippen molar-refractivity contribution in [2.24, 2.45) is 16.9 Å². The summed E-state index contributed by atoms with van der Waals surface area (Å²) in [6.45, 7) is 1.66. The van der Waals surface area contributed by atoms with Gasteiger partial charge < -0.3 is 4.90 Å². The molecular weight excluding hydrogens is 458 g/mol. The first kappa shape index (κ1) is 22.5. The molecule has 2 aliphatic carbocycles. The monoisotopic (exact) mass is 487 g/mol. The Kier molecular flexibility index (Phi) is 5.98. The summed E-state index contributed by atoms with van der Waals surface area (Å²) in [6, 6.07) is 12.1. The highest BCUT2D eigenvalue weighted by Gasteiger charge is 2.46. The number of piperidine rings is 1. The van der Waals surface area contributed by atoms with E-state index in [1.165, 1.54) is 32.1 Å². The van der Waals surface area contributed by atoms with Gasteiger partial charge in [0.2, 0.25) is 0 Å². The smallest absolute Gasteiger partial charge is 0.272 e. The first-order valence-electron chi connectivity index (χ1n) is 13.0. The van der Waals surface area contributed by atoms with Crippen LogP contribution >= 0.6 is 11.6 Å². The number of carbonyl (C=O) groups excluding carboxylic acids is 1. The molecule has 4 aliphatic rings. The van der Waals surface area contributed by atoms with Crippen LogP contribution in [-0.4, -0.2) is 40.6 Å². The van der Waals surface area contributed by atoms with Crippen molar-refractivity contribution >= 4 is 28.9 Å². The van der Waals surface area contributed by atoms with E-state index in [0.717, 1.165) is 61.4 Å². The average Bonchev–Trinajstić information content (AvgIpc) is 3.56. The Morgan fingerprint density at radius 1 is 1.03 bits per heavy atom. The van der Waals surface area contributed by atoms with Gasteiger partial charge in [0.05, 0.1) is 33.7 Å². The van der Waals surface area contributed by atoms with E-state index in [4.69, 9.17) is 21.7 Å². The fraction of sp³-hybridized carbons (Fsp3) is 0.500. The van der Waals surface area contributed by atoms with Gasteiger partial charge in [-0.3, -0.25) is 9.80 Å². The Balaban J connectivity index is 1.35. The average molecular weight is 488 g/mol. The van der Waals surface area contributed by atoms with Gasteiger partial charge in [-0.15, -0.1) is 0 Å². The van der Waals surface area contributed by atoms with Crippen molar-refractivity contribution in [1.82, 2.24) is 9.88 Å². The lowest BCUT2D eigenvalue weighted by atomic mass is 9.76. The zero-order valence-corrected chi connectivity index (χ0v) is 20.7. The Labute approximate surface area is 211 Å². The van der Waals surface area contributed by atoms with Gasteiger partial charge in [0.15, 0.2) is 0 Å². The molecule has 2 aromatic rings. The summed E-state index contributed by atoms with van der Waals surface area (Å²) < 4.78 is 0. The van der Waals surface area contributed by atoms with E-state index in [9.17, 15) is 10.1 Å². The maximum absolute atomic E-state index is 13.1. The van der Waals surface area contributed by atoms with Crippen LogP contribution in [0.15, 0.2) is 35.4 Å². The van der Waals surface area contributed by atoms with Crippen molar-refractivity contribution in [2.45, 2.75) is 63.8 Å². The molecule has 2 atom stereocenters. The largest absolute Gasteiger partial charge is 0.337 e. The molecule has 2 aliphatic heterocycles. The van der Waals surface area contributed by atoms with Gasteiger partial charge in [-0.1, -0.05) is 24.4 Å². The van der Waals surface area contributed by atoms with Crippen molar-refractivity contribution in [3.8, 4) is 6.07 Å². The van der Waals surface area contributed by atoms with Gasteiger partial charge in [0, 0.05) is 24.6 Å². The van der Waals surface area contributed by atoms with E-state index in [-0.39, 0.29) is 5.91 Å². The van der Waals surface area contributed by atoms with Crippen molar-refractivity contribution in [2.75, 3.05) is 18.1 Å². The van der Waals surface area contributed by atoms with E-state index >= 15 is 0 Å². The van der Waals surface area contributed by atoms with E-state index in [0.29, 0.717) is 34.2 Å². The lowest BCUT2D eigenvalue weighted by Crippen LogP contribution is -2.41. The fourth-order valence-corrected chi connectivity index (χ4v) is 6.76. The molecule has 1 aromatic heterocycles. The Morgan fingerprint density at radius 3 is 2.57 bits per heavy atom. The number of pyridine rings is 1. The second kappa shape index (κ2) is 9.28. The van der Waals surface area contributed by atoms with Gasteiger partial charge in [0.25, 0.3) is 5.91 Å². The lowest BCUT2D eigenvalue weighted by Gasteiger charge is -2.34. The van der Waals surface area contributed by atoms with Crippen LogP contribution in [0, 0.1) is 23.2 Å². The lowest BCUT2D eigenvalue weighted by molar-refractivity contribution is 0.0718. The molecule has 1 aromatic carbocycles. The highest BCUT2D eigenvalue weighted by molar-refractivity contribution is 6.32. The molecule has 35 heavy (non-hydrogen) atoms. The summed E-state index contributed by atoms with van der Waals surface area (Å²) in [5, 5.41) is 17.1. The van der Waals surface area contributed by atoms with Crippen LogP contribution in [0.2, 0.25) is 5.02 Å². The molecule has 0 radical (unpaired) electrons. The third-order valence-electron chi connectivity index (χ3n) is 8.29. The van der Waals surface area contributed by atoms with Gasteiger partial charge in [-0.05, 0) is 81.2 Å². The Morgan fingerprint density at radius 2 is 1.83 bits per heavy atom. The summed E-state index contributed by atoms with van der Waals surface area (Å²) >= 11 is 6.42. The number of aryl methyl sites for hydroxylation is 1. The molecule has 0 bridgehead atoms. The number of likely N-dealkylation sites (tertiary alicyclic amines) is 1. The first-order valence-corrected chi connectivity index (χ1v) is 13.4. The number of anilines is 1. The minimum absolute atomic E-state index is 0.0562. The molecule has 1 saturated heterocycles. The molecule has 6 nitrogen and oxygen atoms in total. The topological polar surface area (TPSA) is 72.6 Å². The molecule has 7 heteroatoms. The predicted molar refractivity (Wildman–Crippen MR) is 137 cm³/mol. The molecule has 6 rings (SSSR count). The summed E-state index contributed by atoms with van der Waals surface area (Å²) in [7, 11) is 0. The third-order valence-corrected chi connectivity index (χ3v) is 8.60. The molecule has 0 N–H and O–H groups in total. The molecule has 2 unspecified atom stereocenters. The van der Waals surface area contributed by atoms with E-state index in [2.05, 4.69) is 17.1 Å². The number of hydrogen-bond donors (Lipinski definition) is 0. The minimum Gasteiger partial charge on any atom is -0.337 e. The molecule has 1 saturated carbocycles. The minimum atomic E-state index is 0.0562. The van der Waals surface area contributed by atoms with Gasteiger partial charge in [-0.25, -0.2) is 4.98 Å². The molecule has 180 valence electrons. The number of amides is 1. The molecule has 1 amide bonds. The van der Waals surface area contributed by atoms with E-state index < -0.39 is 0 Å². The number of nitriles is 1. The van der Waals surface area contributed by atoms with Crippen LogP contribution in [0.5, 0.6) is 0 Å². The zero-order chi connectivity index (χ0) is 23.9. The van der Waals surface area contributed by atoms with Gasteiger partial charge >= 0.3 is 0 Å². The number of fused-ring (bicyclic) bond motifs is 3. The van der Waals surface area contributed by atoms with Crippen LogP contribution in [0.25, 0.3) is 0 Å². The molecule has 0 spiro atoms. The SMILES string of the molecule is N#Cc1ccc(N2N=C3c4ccc(C(=O)N5CCCCC5)nc4CCC3C2C2CCCC2)cc1Cl. The van der Waals surface area contributed by atoms with E-state index in [1.807, 2.05) is 23.1 Å². The highest BCUT2D eigenvalue weighted by Crippen LogP contribution is 2.45. The number of hydrazone groups is 1. The van der Waals surface area contributed by atoms with Crippen molar-refractivity contribution < 1.29 is 4.79 Å².